The van der Waals surface area contributed by atoms with E-state index in [-0.39, 0.29) is 17.9 Å². The number of amides is 1. The lowest BCUT2D eigenvalue weighted by Crippen LogP contribution is -2.40. The van der Waals surface area contributed by atoms with E-state index in [1.54, 1.807) is 6.20 Å². The number of hydrogen-bond acceptors (Lipinski definition) is 3. The van der Waals surface area contributed by atoms with E-state index in [9.17, 15) is 4.79 Å². The maximum atomic E-state index is 13.1. The standard InChI is InChI=1S/C22H27N5O/c1-17(2)27-12-5-8-20(27)22(28)26-11-4-7-19(16-26)21-24-10-13-25(21)15-18-6-3-9-23-14-18/h3,5-6,8-10,12-14,17,19H,4,7,11,15-16H2,1-2H3. The van der Waals surface area contributed by atoms with Crippen LogP contribution in [0.3, 0.4) is 0 Å². The summed E-state index contributed by atoms with van der Waals surface area (Å²) < 4.78 is 4.24. The number of carbonyl (C=O) groups is 1. The molecule has 1 atom stereocenters. The van der Waals surface area contributed by atoms with Gasteiger partial charge in [0.15, 0.2) is 0 Å². The second kappa shape index (κ2) is 8.00. The van der Waals surface area contributed by atoms with Crippen LogP contribution in [0, 0.1) is 0 Å². The highest BCUT2D eigenvalue weighted by atomic mass is 16.2. The van der Waals surface area contributed by atoms with Gasteiger partial charge < -0.3 is 14.0 Å². The highest BCUT2D eigenvalue weighted by Crippen LogP contribution is 2.27. The molecule has 4 rings (SSSR count). The topological polar surface area (TPSA) is 56.0 Å². The van der Waals surface area contributed by atoms with Gasteiger partial charge in [-0.3, -0.25) is 9.78 Å². The van der Waals surface area contributed by atoms with Gasteiger partial charge in [0, 0.05) is 56.0 Å². The molecule has 1 aliphatic heterocycles. The minimum absolute atomic E-state index is 0.119. The van der Waals surface area contributed by atoms with E-state index < -0.39 is 0 Å². The summed E-state index contributed by atoms with van der Waals surface area (Å²) >= 11 is 0. The molecule has 0 saturated carbocycles. The average Bonchev–Trinajstić information content (AvgIpc) is 3.38. The van der Waals surface area contributed by atoms with E-state index in [4.69, 9.17) is 0 Å². The first-order valence-corrected chi connectivity index (χ1v) is 9.99. The number of aromatic nitrogens is 4. The van der Waals surface area contributed by atoms with E-state index in [0.29, 0.717) is 6.54 Å². The van der Waals surface area contributed by atoms with Gasteiger partial charge in [-0.05, 0) is 50.5 Å². The lowest BCUT2D eigenvalue weighted by Gasteiger charge is -2.33. The van der Waals surface area contributed by atoms with E-state index in [1.807, 2.05) is 47.9 Å². The van der Waals surface area contributed by atoms with Crippen LogP contribution in [0.25, 0.3) is 0 Å². The van der Waals surface area contributed by atoms with Gasteiger partial charge in [-0.2, -0.15) is 0 Å². The molecular formula is C22H27N5O. The number of carbonyl (C=O) groups excluding carboxylic acids is 1. The van der Waals surface area contributed by atoms with Crippen LogP contribution in [0.2, 0.25) is 0 Å². The van der Waals surface area contributed by atoms with Crippen molar-refractivity contribution in [3.05, 3.63) is 72.3 Å². The first kappa shape index (κ1) is 18.5. The Kier molecular flexibility index (Phi) is 5.28. The number of pyridine rings is 1. The van der Waals surface area contributed by atoms with Crippen molar-refractivity contribution in [2.45, 2.75) is 45.2 Å². The Labute approximate surface area is 165 Å². The fraction of sp³-hybridized carbons (Fsp3) is 0.409. The molecule has 1 saturated heterocycles. The molecular weight excluding hydrogens is 350 g/mol. The summed E-state index contributed by atoms with van der Waals surface area (Å²) in [5.41, 5.74) is 1.93. The Morgan fingerprint density at radius 2 is 2.11 bits per heavy atom. The minimum Gasteiger partial charge on any atom is -0.341 e. The second-order valence-corrected chi connectivity index (χ2v) is 7.76. The lowest BCUT2D eigenvalue weighted by atomic mass is 9.96. The number of likely N-dealkylation sites (tertiary alicyclic amines) is 1. The molecule has 1 fully saturated rings. The zero-order valence-corrected chi connectivity index (χ0v) is 16.5. The van der Waals surface area contributed by atoms with Gasteiger partial charge >= 0.3 is 0 Å². The molecule has 6 nitrogen and oxygen atoms in total. The van der Waals surface area contributed by atoms with Crippen LogP contribution in [0.4, 0.5) is 0 Å². The van der Waals surface area contributed by atoms with Crippen molar-refractivity contribution in [3.8, 4) is 0 Å². The van der Waals surface area contributed by atoms with Crippen molar-refractivity contribution in [3.63, 3.8) is 0 Å². The maximum Gasteiger partial charge on any atom is 0.270 e. The van der Waals surface area contributed by atoms with Crippen LogP contribution in [0.5, 0.6) is 0 Å². The number of hydrogen-bond donors (Lipinski definition) is 0. The molecule has 0 N–H and O–H groups in total. The van der Waals surface area contributed by atoms with Crippen LogP contribution >= 0.6 is 0 Å². The van der Waals surface area contributed by atoms with Gasteiger partial charge in [0.05, 0.1) is 6.54 Å². The van der Waals surface area contributed by atoms with Crippen LogP contribution in [-0.2, 0) is 6.54 Å². The quantitative estimate of drug-likeness (QED) is 0.681. The lowest BCUT2D eigenvalue weighted by molar-refractivity contribution is 0.0691. The summed E-state index contributed by atoms with van der Waals surface area (Å²) in [5, 5.41) is 0. The number of rotatable bonds is 5. The number of imidazole rings is 1. The van der Waals surface area contributed by atoms with Gasteiger partial charge in [-0.1, -0.05) is 6.07 Å². The van der Waals surface area contributed by atoms with Gasteiger partial charge in [0.2, 0.25) is 0 Å². The Morgan fingerprint density at radius 3 is 2.89 bits per heavy atom. The molecule has 0 aromatic carbocycles. The van der Waals surface area contributed by atoms with E-state index >= 15 is 0 Å². The van der Waals surface area contributed by atoms with Crippen LogP contribution < -0.4 is 0 Å². The summed E-state index contributed by atoms with van der Waals surface area (Å²) in [6.07, 6.45) is 11.6. The molecule has 28 heavy (non-hydrogen) atoms. The monoisotopic (exact) mass is 377 g/mol. The van der Waals surface area contributed by atoms with E-state index in [2.05, 4.69) is 39.0 Å². The molecule has 1 aliphatic rings. The molecule has 3 aromatic heterocycles. The molecule has 1 amide bonds. The fourth-order valence-corrected chi connectivity index (χ4v) is 4.06. The number of piperidine rings is 1. The smallest absolute Gasteiger partial charge is 0.270 e. The van der Waals surface area contributed by atoms with Crippen molar-refractivity contribution in [1.29, 1.82) is 0 Å². The molecule has 1 unspecified atom stereocenters. The average molecular weight is 377 g/mol. The highest BCUT2D eigenvalue weighted by Gasteiger charge is 2.29. The number of nitrogens with zero attached hydrogens (tertiary/aromatic N) is 5. The largest absolute Gasteiger partial charge is 0.341 e. The predicted octanol–water partition coefficient (Wildman–Crippen LogP) is 3.73. The fourth-order valence-electron chi connectivity index (χ4n) is 4.06. The summed E-state index contributed by atoms with van der Waals surface area (Å²) in [6.45, 7) is 6.48. The third-order valence-corrected chi connectivity index (χ3v) is 5.45. The molecule has 6 heteroatoms. The Balaban J connectivity index is 1.51. The van der Waals surface area contributed by atoms with Gasteiger partial charge in [0.25, 0.3) is 5.91 Å². The maximum absolute atomic E-state index is 13.1. The molecule has 0 aliphatic carbocycles. The summed E-state index contributed by atoms with van der Waals surface area (Å²) in [4.78, 5) is 24.0. The van der Waals surface area contributed by atoms with Crippen LogP contribution in [0.1, 0.15) is 60.5 Å². The first-order valence-electron chi connectivity index (χ1n) is 9.99. The second-order valence-electron chi connectivity index (χ2n) is 7.76. The summed E-state index contributed by atoms with van der Waals surface area (Å²) in [6, 6.07) is 8.18. The zero-order valence-electron chi connectivity index (χ0n) is 16.5. The molecule has 0 radical (unpaired) electrons. The van der Waals surface area contributed by atoms with Gasteiger partial charge in [0.1, 0.15) is 11.5 Å². The third-order valence-electron chi connectivity index (χ3n) is 5.45. The van der Waals surface area contributed by atoms with Crippen molar-refractivity contribution in [2.24, 2.45) is 0 Å². The van der Waals surface area contributed by atoms with Crippen molar-refractivity contribution in [2.75, 3.05) is 13.1 Å². The Morgan fingerprint density at radius 1 is 1.21 bits per heavy atom. The molecule has 0 spiro atoms. The van der Waals surface area contributed by atoms with Crippen LogP contribution in [-0.4, -0.2) is 43.0 Å². The Bertz CT molecular complexity index is 927. The SMILES string of the molecule is CC(C)n1cccc1C(=O)N1CCCC(c2nccn2Cc2cccnc2)C1. The summed E-state index contributed by atoms with van der Waals surface area (Å²) in [7, 11) is 0. The Hall–Kier alpha value is -2.89. The third kappa shape index (κ3) is 3.72. The predicted molar refractivity (Wildman–Crippen MR) is 108 cm³/mol. The molecule has 0 bridgehead atoms. The molecule has 4 heterocycles. The van der Waals surface area contributed by atoms with Gasteiger partial charge in [-0.15, -0.1) is 0 Å². The van der Waals surface area contributed by atoms with Gasteiger partial charge in [-0.25, -0.2) is 4.98 Å². The summed E-state index contributed by atoms with van der Waals surface area (Å²) in [5.74, 6) is 1.43. The van der Waals surface area contributed by atoms with E-state index in [0.717, 1.165) is 43.0 Å². The normalized spacial score (nSPS) is 17.2. The van der Waals surface area contributed by atoms with E-state index in [1.165, 1.54) is 0 Å². The molecule has 3 aromatic rings. The molecule has 146 valence electrons. The zero-order chi connectivity index (χ0) is 19.5. The van der Waals surface area contributed by atoms with Crippen molar-refractivity contribution in [1.82, 2.24) is 24.0 Å². The van der Waals surface area contributed by atoms with Crippen LogP contribution in [0.15, 0.2) is 55.2 Å². The minimum atomic E-state index is 0.119. The first-order chi connectivity index (χ1) is 13.6. The van der Waals surface area contributed by atoms with Crippen molar-refractivity contribution < 1.29 is 4.79 Å². The highest BCUT2D eigenvalue weighted by molar-refractivity contribution is 5.93. The van der Waals surface area contributed by atoms with Crippen molar-refractivity contribution >= 4 is 5.91 Å².